The predicted molar refractivity (Wildman–Crippen MR) is 227 cm³/mol. The van der Waals surface area contributed by atoms with E-state index in [1.165, 1.54) is 20.0 Å². The average molecular weight is 847 g/mol. The van der Waals surface area contributed by atoms with Crippen molar-refractivity contribution < 1.29 is 32.1 Å². The quantitative estimate of drug-likeness (QED) is 0.267. The molecule has 0 amide bonds. The zero-order valence-corrected chi connectivity index (χ0v) is 36.8. The number of Topliss-reactive ketones (excluding diaryl/α,β-unsaturated/α-hetero) is 2. The van der Waals surface area contributed by atoms with E-state index >= 15 is 0 Å². The fraction of sp³-hybridized carbons (Fsp3) is 0.898. The summed E-state index contributed by atoms with van der Waals surface area (Å²) in [6, 6.07) is 0. The van der Waals surface area contributed by atoms with Crippen LogP contribution in [0.4, 0.5) is 0 Å². The molecule has 0 saturated heterocycles. The summed E-state index contributed by atoms with van der Waals surface area (Å²) in [7, 11) is 0. The number of imidazole rings is 1. The Morgan fingerprint density at radius 2 is 1.16 bits per heavy atom. The molecule has 0 radical (unpaired) electrons. The van der Waals surface area contributed by atoms with E-state index in [1.54, 1.807) is 10.8 Å². The van der Waals surface area contributed by atoms with Crippen molar-refractivity contribution in [2.45, 2.75) is 188 Å². The van der Waals surface area contributed by atoms with Crippen molar-refractivity contribution in [2.75, 3.05) is 5.28 Å². The maximum absolute atomic E-state index is 13.5. The van der Waals surface area contributed by atoms with Crippen LogP contribution in [0.15, 0.2) is 18.7 Å². The number of alkyl halides is 1. The number of aliphatic hydroxyl groups is 2. The first-order valence-corrected chi connectivity index (χ1v) is 23.2. The largest absolute Gasteiger partial charge is 0.390 e. The molecule has 1 aromatic heterocycles. The predicted octanol–water partition coefficient (Wildman–Crippen LogP) is 11.0. The lowest BCUT2D eigenvalue weighted by molar-refractivity contribution is -0.154. The van der Waals surface area contributed by atoms with Crippen LogP contribution in [0.25, 0.3) is 0 Å². The number of carbonyl (C=O) groups excluding carboxylic acids is 2. The number of fused-ring (bicyclic) bond motifs is 10. The van der Waals surface area contributed by atoms with Gasteiger partial charge in [0, 0.05) is 35.1 Å². The molecule has 8 aliphatic carbocycles. The minimum absolute atomic E-state index is 0.0517. The number of halogens is 1. The summed E-state index contributed by atoms with van der Waals surface area (Å²) in [4.78, 5) is 30.4. The summed E-state index contributed by atoms with van der Waals surface area (Å²) in [5.74, 6) is -0.111. The van der Waals surface area contributed by atoms with Crippen molar-refractivity contribution in [1.29, 1.82) is 0 Å². The molecule has 314 valence electrons. The Labute approximate surface area is 360 Å². The normalized spacial score (nSPS) is 56.3. The van der Waals surface area contributed by atoms with Gasteiger partial charge in [0.25, 0.3) is 0 Å². The van der Waals surface area contributed by atoms with Gasteiger partial charge >= 0.3 is 0 Å². The number of carbonyl (C=O) groups is 2. The second-order valence-corrected chi connectivity index (χ2v) is 21.6. The first-order chi connectivity index (χ1) is 29.7. The molecule has 0 bridgehead atoms. The SMILES string of the molecule is [2H]C([2H])(Br)C(=O)[C@@]1([2H])CC[C@H]2[C@@H]3CC[C@H]4C[C@@](O)(C([2H])([2H])C)CC[C@]4(C)[C@H]3CC[C@@]21C.[2H]c1nccn1CC(=O)[C@@]1([2H])CC[C@H]2[C@@H]3CC[C@H]4C[C@@](O)(C([2H])([2H])C)CC[C@]4(C)[C@H]3CC[C@@]21C. The van der Waals surface area contributed by atoms with Gasteiger partial charge in [0.2, 0.25) is 0 Å². The van der Waals surface area contributed by atoms with Gasteiger partial charge < -0.3 is 14.8 Å². The molecule has 0 spiro atoms. The first kappa shape index (κ1) is 31.8. The fourth-order valence-corrected chi connectivity index (χ4v) is 16.3. The summed E-state index contributed by atoms with van der Waals surface area (Å²) in [6.45, 7) is 12.0. The Morgan fingerprint density at radius 3 is 1.59 bits per heavy atom. The molecule has 6 nitrogen and oxygen atoms in total. The molecule has 56 heavy (non-hydrogen) atoms. The minimum atomic E-state index is -2.17. The topological polar surface area (TPSA) is 92.4 Å². The molecule has 2 N–H and O–H groups in total. The van der Waals surface area contributed by atoms with E-state index in [9.17, 15) is 21.2 Å². The van der Waals surface area contributed by atoms with Crippen LogP contribution in [-0.2, 0) is 16.1 Å². The van der Waals surface area contributed by atoms with E-state index in [2.05, 4.69) is 48.6 Å². The van der Waals surface area contributed by atoms with Crippen molar-refractivity contribution >= 4 is 27.5 Å². The van der Waals surface area contributed by atoms with Gasteiger partial charge in [-0.3, -0.25) is 9.59 Å². The first-order valence-electron chi connectivity index (χ1n) is 26.9. The van der Waals surface area contributed by atoms with Gasteiger partial charge in [0.05, 0.1) is 29.3 Å². The van der Waals surface area contributed by atoms with Crippen molar-refractivity contribution in [3.05, 3.63) is 18.7 Å². The highest BCUT2D eigenvalue weighted by Gasteiger charge is 2.63. The maximum atomic E-state index is 13.5. The van der Waals surface area contributed by atoms with Crippen molar-refractivity contribution in [1.82, 2.24) is 9.55 Å². The van der Waals surface area contributed by atoms with Crippen LogP contribution in [0, 0.1) is 80.8 Å². The van der Waals surface area contributed by atoms with Gasteiger partial charge in [-0.25, -0.2) is 4.98 Å². The van der Waals surface area contributed by atoms with E-state index < -0.39 is 52.2 Å². The molecule has 0 aliphatic heterocycles. The number of ketones is 2. The molecule has 8 saturated carbocycles. The van der Waals surface area contributed by atoms with Crippen molar-refractivity contribution in [2.24, 2.45) is 80.8 Å². The third kappa shape index (κ3) is 6.71. The lowest BCUT2D eigenvalue weighted by Crippen LogP contribution is -2.56. The molecule has 0 unspecified atom stereocenters. The highest BCUT2D eigenvalue weighted by molar-refractivity contribution is 9.09. The summed E-state index contributed by atoms with van der Waals surface area (Å²) in [5, 5.41) is 20.1. The Kier molecular flexibility index (Phi) is 8.59. The number of hydrogen-bond acceptors (Lipinski definition) is 5. The molecule has 1 heterocycles. The third-order valence-corrected chi connectivity index (χ3v) is 19.8. The van der Waals surface area contributed by atoms with Gasteiger partial charge in [-0.05, 0) is 197 Å². The molecule has 8 aliphatic rings. The Bertz CT molecular complexity index is 2030. The van der Waals surface area contributed by atoms with Gasteiger partial charge in [-0.1, -0.05) is 57.5 Å². The van der Waals surface area contributed by atoms with Gasteiger partial charge in [-0.2, -0.15) is 0 Å². The highest BCUT2D eigenvalue weighted by Crippen LogP contribution is 2.70. The third-order valence-electron chi connectivity index (χ3n) is 19.5. The van der Waals surface area contributed by atoms with Crippen molar-refractivity contribution in [3.8, 4) is 0 Å². The molecule has 7 heteroatoms. The summed E-state index contributed by atoms with van der Waals surface area (Å²) in [6.07, 6.45) is 14.1. The Morgan fingerprint density at radius 1 is 0.696 bits per heavy atom. The number of nitrogens with zero attached hydrogens (tertiary/aromatic N) is 2. The van der Waals surface area contributed by atoms with Crippen molar-refractivity contribution in [3.63, 3.8) is 0 Å². The van der Waals surface area contributed by atoms with Crippen LogP contribution in [-0.4, -0.2) is 47.8 Å². The summed E-state index contributed by atoms with van der Waals surface area (Å²) < 4.78 is 76.5. The van der Waals surface area contributed by atoms with Gasteiger partial charge in [0.1, 0.15) is 7.15 Å². The zero-order valence-electron chi connectivity index (χ0n) is 44.2. The monoisotopic (exact) mass is 846 g/mol. The highest BCUT2D eigenvalue weighted by atomic mass is 79.9. The van der Waals surface area contributed by atoms with Crippen LogP contribution >= 0.6 is 15.9 Å². The Balaban J connectivity index is 0.000000178. The Hall–Kier alpha value is -1.05. The van der Waals surface area contributed by atoms with E-state index in [4.69, 9.17) is 11.0 Å². The van der Waals surface area contributed by atoms with E-state index in [1.807, 2.05) is 0 Å². The molecule has 0 aromatic carbocycles. The standard InChI is InChI=1S/C26H40N2O2.C23H37BrO2/c1-4-26(30)12-11-24(2)18(15-26)5-6-19-20-7-8-22(25(20,3)10-9-21(19)24)23(29)16-28-14-13-27-17-28;1-4-23(26)12-11-21(2)15(13-23)5-6-16-17-7-8-19(20(25)14-24)22(17,3)10-9-18(16)21/h13-14,17-22,30H,4-12,15-16H2,1-3H3;15-19,26H,4-14H2,1-3H3/t18-,19-,20-,21-,22+,24-,25-,26+;15-,16-,17-,18-,19+,21-,22-,23+/m00/s1/i4D2,17D,22D;4D2,14D2,19D. The summed E-state index contributed by atoms with van der Waals surface area (Å²) in [5.41, 5.74) is -3.21. The number of hydrogen-bond donors (Lipinski definition) is 2. The van der Waals surface area contributed by atoms with Gasteiger partial charge in [-0.15, -0.1) is 0 Å². The minimum Gasteiger partial charge on any atom is -0.390 e. The maximum Gasteiger partial charge on any atom is 0.156 e. The van der Waals surface area contributed by atoms with Crippen LogP contribution < -0.4 is 0 Å². The van der Waals surface area contributed by atoms with Crippen LogP contribution in [0.1, 0.15) is 182 Å². The van der Waals surface area contributed by atoms with Crippen LogP contribution in [0.3, 0.4) is 0 Å². The zero-order chi connectivity index (χ0) is 48.0. The smallest absolute Gasteiger partial charge is 0.156 e. The fourth-order valence-electron chi connectivity index (χ4n) is 16.1. The van der Waals surface area contributed by atoms with Crippen LogP contribution in [0.5, 0.6) is 0 Å². The lowest BCUT2D eigenvalue weighted by Gasteiger charge is -2.62. The molecular formula is C49H77BrN2O4. The second kappa shape index (κ2) is 15.1. The second-order valence-electron chi connectivity index (χ2n) is 21.2. The number of aromatic nitrogens is 2. The molecule has 8 fully saturated rings. The van der Waals surface area contributed by atoms with Crippen LogP contribution in [0.2, 0.25) is 0 Å². The lowest BCUT2D eigenvalue weighted by atomic mass is 9.43. The summed E-state index contributed by atoms with van der Waals surface area (Å²) >= 11 is 2.89. The van der Waals surface area contributed by atoms with Gasteiger partial charge in [0.15, 0.2) is 5.78 Å². The molecule has 9 rings (SSSR count). The molecular weight excluding hydrogens is 760 g/mol. The van der Waals surface area contributed by atoms with E-state index in [0.717, 1.165) is 77.0 Å². The van der Waals surface area contributed by atoms with E-state index in [0.29, 0.717) is 80.0 Å². The molecule has 16 atom stereocenters. The number of rotatable bonds is 7. The molecule has 1 aromatic rings. The average Bonchev–Trinajstić information content (AvgIpc) is 3.84. The van der Waals surface area contributed by atoms with E-state index in [-0.39, 0.29) is 40.8 Å².